The van der Waals surface area contributed by atoms with E-state index < -0.39 is 0 Å². The van der Waals surface area contributed by atoms with E-state index in [2.05, 4.69) is 16.1 Å². The molecule has 0 aliphatic carbocycles. The van der Waals surface area contributed by atoms with Crippen molar-refractivity contribution >= 4 is 27.8 Å². The first-order valence-electron chi connectivity index (χ1n) is 4.67. The number of oxime groups is 1. The Hall–Kier alpha value is -0.250. The molecule has 14 heavy (non-hydrogen) atoms. The van der Waals surface area contributed by atoms with Crippen LogP contribution >= 0.6 is 23.2 Å². The molecule has 2 aliphatic rings. The minimum absolute atomic E-state index is 0.0790. The van der Waals surface area contributed by atoms with Gasteiger partial charge in [-0.05, 0) is 47.7 Å². The van der Waals surface area contributed by atoms with Crippen LogP contribution in [0.15, 0.2) is 16.8 Å². The van der Waals surface area contributed by atoms with Crippen molar-refractivity contribution in [2.45, 2.75) is 6.42 Å². The lowest BCUT2D eigenvalue weighted by Crippen LogP contribution is -2.27. The average molecular weight is 235 g/mol. The van der Waals surface area contributed by atoms with Crippen molar-refractivity contribution in [2.75, 3.05) is 26.2 Å². The molecule has 0 aromatic carbocycles. The van der Waals surface area contributed by atoms with E-state index >= 15 is 0 Å². The second-order valence-electron chi connectivity index (χ2n) is 3.71. The van der Waals surface area contributed by atoms with Crippen LogP contribution < -0.4 is 0 Å². The number of fused-ring (bicyclic) bond motifs is 2. The van der Waals surface area contributed by atoms with Crippen LogP contribution in [0.5, 0.6) is 0 Å². The van der Waals surface area contributed by atoms with E-state index in [1.165, 1.54) is 25.1 Å². The molecule has 3 nitrogen and oxygen atoms in total. The minimum atomic E-state index is -0.0790. The van der Waals surface area contributed by atoms with Gasteiger partial charge in [0.1, 0.15) is 6.61 Å². The largest absolute Gasteiger partial charge is 0.389 e. The minimum Gasteiger partial charge on any atom is -0.389 e. The summed E-state index contributed by atoms with van der Waals surface area (Å²) >= 11 is 10.7. The van der Waals surface area contributed by atoms with Gasteiger partial charge in [0.25, 0.3) is 0 Å². The molecule has 0 N–H and O–H groups in total. The molecule has 5 heteroatoms. The molecule has 2 unspecified atom stereocenters. The Labute approximate surface area is 93.3 Å². The van der Waals surface area contributed by atoms with Gasteiger partial charge in [0.05, 0.1) is 0 Å². The lowest BCUT2D eigenvalue weighted by atomic mass is 10.0. The Morgan fingerprint density at radius 1 is 1.64 bits per heavy atom. The first-order chi connectivity index (χ1) is 6.74. The quantitative estimate of drug-likeness (QED) is 0.424. The summed E-state index contributed by atoms with van der Waals surface area (Å²) in [4.78, 5) is 7.41. The van der Waals surface area contributed by atoms with E-state index in [1.54, 1.807) is 0 Å². The van der Waals surface area contributed by atoms with Gasteiger partial charge in [-0.3, -0.25) is 4.90 Å². The van der Waals surface area contributed by atoms with Crippen LogP contribution in [0.2, 0.25) is 0 Å². The highest BCUT2D eigenvalue weighted by atomic mass is 35.5. The molecule has 1 saturated heterocycles. The van der Waals surface area contributed by atoms with Crippen molar-refractivity contribution in [1.29, 1.82) is 0 Å². The molecule has 2 rings (SSSR count). The monoisotopic (exact) mass is 234 g/mol. The molecule has 2 aliphatic heterocycles. The number of rotatable bonds is 3. The van der Waals surface area contributed by atoms with E-state index in [0.29, 0.717) is 12.5 Å². The first-order valence-corrected chi connectivity index (χ1v) is 5.42. The van der Waals surface area contributed by atoms with Gasteiger partial charge < -0.3 is 4.84 Å². The predicted molar refractivity (Wildman–Crippen MR) is 57.7 cm³/mol. The van der Waals surface area contributed by atoms with Gasteiger partial charge in [-0.2, -0.15) is 0 Å². The number of hydrogen-bond acceptors (Lipinski definition) is 3. The first kappa shape index (κ1) is 10.3. The predicted octanol–water partition coefficient (Wildman–Crippen LogP) is 2.01. The number of nitrogens with zero attached hydrogens (tertiary/aromatic N) is 2. The Balaban J connectivity index is 1.84. The van der Waals surface area contributed by atoms with Crippen LogP contribution in [-0.4, -0.2) is 35.8 Å². The Morgan fingerprint density at radius 2 is 2.50 bits per heavy atom. The highest BCUT2D eigenvalue weighted by Gasteiger charge is 2.26. The molecule has 0 spiro atoms. The molecule has 0 radical (unpaired) electrons. The van der Waals surface area contributed by atoms with Crippen molar-refractivity contribution in [3.63, 3.8) is 0 Å². The maximum absolute atomic E-state index is 5.33. The van der Waals surface area contributed by atoms with Crippen LogP contribution in [0, 0.1) is 5.92 Å². The molecular formula is C9H12Cl2N2O. The third-order valence-corrected chi connectivity index (χ3v) is 2.73. The fourth-order valence-electron chi connectivity index (χ4n) is 2.07. The molecule has 0 saturated carbocycles. The highest BCUT2D eigenvalue weighted by Crippen LogP contribution is 2.25. The summed E-state index contributed by atoms with van der Waals surface area (Å²) in [5.74, 6) is 0.706. The van der Waals surface area contributed by atoms with Gasteiger partial charge in [0, 0.05) is 13.1 Å². The van der Waals surface area contributed by atoms with Crippen LogP contribution in [0.25, 0.3) is 0 Å². The Morgan fingerprint density at radius 3 is 3.21 bits per heavy atom. The molecule has 2 bridgehead atoms. The van der Waals surface area contributed by atoms with E-state index in [4.69, 9.17) is 28.0 Å². The molecular weight excluding hydrogens is 223 g/mol. The lowest BCUT2D eigenvalue weighted by molar-refractivity contribution is 0.160. The van der Waals surface area contributed by atoms with Crippen LogP contribution in [0.1, 0.15) is 6.42 Å². The van der Waals surface area contributed by atoms with Crippen molar-refractivity contribution in [3.8, 4) is 0 Å². The number of hydrogen-bond donors (Lipinski definition) is 0. The summed E-state index contributed by atoms with van der Waals surface area (Å²) in [7, 11) is 0. The molecule has 1 fully saturated rings. The summed E-state index contributed by atoms with van der Waals surface area (Å²) in [6.07, 6.45) is 3.56. The normalized spacial score (nSPS) is 29.7. The SMILES string of the molecule is ClC(Cl)=NOCC1=CC2CCN(C1)C2. The van der Waals surface area contributed by atoms with Gasteiger partial charge in [-0.15, -0.1) is 0 Å². The third kappa shape index (κ3) is 2.62. The van der Waals surface area contributed by atoms with Crippen molar-refractivity contribution in [3.05, 3.63) is 11.6 Å². The zero-order valence-corrected chi connectivity index (χ0v) is 9.26. The van der Waals surface area contributed by atoms with Crippen molar-refractivity contribution < 1.29 is 4.84 Å². The summed E-state index contributed by atoms with van der Waals surface area (Å²) in [5, 5.41) is 3.48. The molecule has 0 aromatic heterocycles. The summed E-state index contributed by atoms with van der Waals surface area (Å²) in [6.45, 7) is 3.88. The van der Waals surface area contributed by atoms with Gasteiger partial charge >= 0.3 is 0 Å². The topological polar surface area (TPSA) is 24.8 Å². The summed E-state index contributed by atoms with van der Waals surface area (Å²) < 4.78 is -0.0790. The van der Waals surface area contributed by atoms with Crippen LogP contribution in [0.4, 0.5) is 0 Å². The van der Waals surface area contributed by atoms with Crippen LogP contribution in [0.3, 0.4) is 0 Å². The fraction of sp³-hybridized carbons (Fsp3) is 0.667. The van der Waals surface area contributed by atoms with Gasteiger partial charge in [-0.25, -0.2) is 0 Å². The second kappa shape index (κ2) is 4.51. The van der Waals surface area contributed by atoms with Gasteiger partial charge in [0.15, 0.2) is 0 Å². The van der Waals surface area contributed by atoms with E-state index in [0.717, 1.165) is 6.54 Å². The average Bonchev–Trinajstić information content (AvgIpc) is 2.45. The standard InChI is InChI=1S/C9H12Cl2N2O/c10-9(11)12-14-6-8-3-7-1-2-13(4-7)5-8/h3,7H,1-2,4-6H2. The highest BCUT2D eigenvalue weighted by molar-refractivity contribution is 6.95. The summed E-state index contributed by atoms with van der Waals surface area (Å²) in [5.41, 5.74) is 1.28. The molecule has 78 valence electrons. The molecule has 0 aromatic rings. The van der Waals surface area contributed by atoms with E-state index in [-0.39, 0.29) is 4.63 Å². The van der Waals surface area contributed by atoms with E-state index in [9.17, 15) is 0 Å². The van der Waals surface area contributed by atoms with Gasteiger partial charge in [-0.1, -0.05) is 11.2 Å². The van der Waals surface area contributed by atoms with Crippen molar-refractivity contribution in [2.24, 2.45) is 11.1 Å². The van der Waals surface area contributed by atoms with Crippen molar-refractivity contribution in [1.82, 2.24) is 4.90 Å². The Kier molecular flexibility index (Phi) is 3.31. The summed E-state index contributed by atoms with van der Waals surface area (Å²) in [6, 6.07) is 0. The fourth-order valence-corrected chi connectivity index (χ4v) is 2.17. The zero-order chi connectivity index (χ0) is 9.97. The molecule has 2 heterocycles. The molecule has 2 atom stereocenters. The smallest absolute Gasteiger partial charge is 0.235 e. The third-order valence-electron chi connectivity index (χ3n) is 2.59. The molecule has 0 amide bonds. The van der Waals surface area contributed by atoms with E-state index in [1.807, 2.05) is 0 Å². The van der Waals surface area contributed by atoms with Crippen LogP contribution in [-0.2, 0) is 4.84 Å². The lowest BCUT2D eigenvalue weighted by Gasteiger charge is -2.21. The number of halogens is 2. The zero-order valence-electron chi connectivity index (χ0n) is 7.75. The van der Waals surface area contributed by atoms with Gasteiger partial charge in [0.2, 0.25) is 4.63 Å². The Bertz CT molecular complexity index is 274. The maximum Gasteiger partial charge on any atom is 0.235 e. The second-order valence-corrected chi connectivity index (χ2v) is 4.62. The maximum atomic E-state index is 5.33.